The van der Waals surface area contributed by atoms with Gasteiger partial charge in [-0.15, -0.1) is 0 Å². The lowest BCUT2D eigenvalue weighted by Crippen LogP contribution is -2.41. The van der Waals surface area contributed by atoms with Gasteiger partial charge in [-0.3, -0.25) is 14.3 Å². The Kier molecular flexibility index (Phi) is 5.13. The van der Waals surface area contributed by atoms with Crippen molar-refractivity contribution in [3.05, 3.63) is 46.8 Å². The van der Waals surface area contributed by atoms with Crippen LogP contribution in [0.15, 0.2) is 24.4 Å². The molecule has 2 heterocycles. The van der Waals surface area contributed by atoms with Crippen LogP contribution < -0.4 is 10.6 Å². The molecule has 7 nitrogen and oxygen atoms in total. The van der Waals surface area contributed by atoms with Crippen LogP contribution in [-0.2, 0) is 17.9 Å². The summed E-state index contributed by atoms with van der Waals surface area (Å²) < 4.78 is 2.01. The number of hydrogen-bond acceptors (Lipinski definition) is 4. The van der Waals surface area contributed by atoms with Crippen LogP contribution in [0.4, 0.5) is 11.5 Å². The topological polar surface area (TPSA) is 79.3 Å². The Bertz CT molecular complexity index is 1010. The van der Waals surface area contributed by atoms with Gasteiger partial charge in [-0.05, 0) is 76.3 Å². The summed E-state index contributed by atoms with van der Waals surface area (Å²) in [5, 5.41) is 10.8. The standard InChI is InChI=1S/C23H29N5O2/c1-15-20(9-10-24-14-29)28(12-16-5-6-16)26-21(15)25-18-7-8-19-17(11-18)13-27(22(19)30)23(2,3)4/h7-11,14,16H,5-6,12-13H2,1-4H3,(H,24,29)(H,25,26)/b10-9-. The molecule has 7 heteroatoms. The molecule has 0 spiro atoms. The van der Waals surface area contributed by atoms with Crippen LogP contribution in [0, 0.1) is 12.8 Å². The number of anilines is 2. The summed E-state index contributed by atoms with van der Waals surface area (Å²) in [4.78, 5) is 25.2. The van der Waals surface area contributed by atoms with Crippen molar-refractivity contribution in [3.63, 3.8) is 0 Å². The third-order valence-corrected chi connectivity index (χ3v) is 5.75. The second-order valence-electron chi connectivity index (χ2n) is 9.16. The fraction of sp³-hybridized carbons (Fsp3) is 0.435. The molecular weight excluding hydrogens is 378 g/mol. The highest BCUT2D eigenvalue weighted by Gasteiger charge is 2.34. The van der Waals surface area contributed by atoms with Crippen molar-refractivity contribution in [1.82, 2.24) is 20.0 Å². The van der Waals surface area contributed by atoms with Crippen LogP contribution in [0.25, 0.3) is 6.08 Å². The first-order valence-electron chi connectivity index (χ1n) is 10.4. The fourth-order valence-electron chi connectivity index (χ4n) is 3.82. The van der Waals surface area contributed by atoms with Crippen LogP contribution >= 0.6 is 0 Å². The summed E-state index contributed by atoms with van der Waals surface area (Å²) in [7, 11) is 0. The maximum atomic E-state index is 12.7. The number of nitrogens with one attached hydrogen (secondary N) is 2. The van der Waals surface area contributed by atoms with E-state index in [1.54, 1.807) is 6.20 Å². The summed E-state index contributed by atoms with van der Waals surface area (Å²) in [5.41, 5.74) is 4.51. The van der Waals surface area contributed by atoms with Crippen LogP contribution in [-0.4, -0.2) is 32.5 Å². The lowest BCUT2D eigenvalue weighted by Gasteiger charge is -2.31. The molecule has 0 bridgehead atoms. The molecule has 0 radical (unpaired) electrons. The summed E-state index contributed by atoms with van der Waals surface area (Å²) in [6.07, 6.45) is 6.64. The van der Waals surface area contributed by atoms with E-state index in [2.05, 4.69) is 31.4 Å². The van der Waals surface area contributed by atoms with E-state index < -0.39 is 0 Å². The number of fused-ring (bicyclic) bond motifs is 1. The molecule has 4 rings (SSSR count). The molecule has 30 heavy (non-hydrogen) atoms. The Morgan fingerprint density at radius 1 is 1.27 bits per heavy atom. The zero-order valence-corrected chi connectivity index (χ0v) is 18.0. The Morgan fingerprint density at radius 3 is 2.70 bits per heavy atom. The molecule has 1 aromatic carbocycles. The van der Waals surface area contributed by atoms with Gasteiger partial charge in [0.1, 0.15) is 0 Å². The largest absolute Gasteiger partial charge is 0.339 e. The molecule has 2 aliphatic rings. The minimum Gasteiger partial charge on any atom is -0.339 e. The molecule has 1 aromatic heterocycles. The molecule has 2 amide bonds. The summed E-state index contributed by atoms with van der Waals surface area (Å²) in [5.74, 6) is 1.56. The highest BCUT2D eigenvalue weighted by molar-refractivity contribution is 5.99. The van der Waals surface area contributed by atoms with E-state index in [-0.39, 0.29) is 11.4 Å². The summed E-state index contributed by atoms with van der Waals surface area (Å²) >= 11 is 0. The van der Waals surface area contributed by atoms with Gasteiger partial charge in [0.05, 0.1) is 5.69 Å². The van der Waals surface area contributed by atoms with Gasteiger partial charge in [0, 0.05) is 41.6 Å². The third kappa shape index (κ3) is 3.97. The SMILES string of the molecule is Cc1c(Nc2ccc3c(c2)CN(C(C)(C)C)C3=O)nn(CC2CC2)c1/C=C\NC=O. The third-order valence-electron chi connectivity index (χ3n) is 5.75. The molecule has 0 atom stereocenters. The maximum absolute atomic E-state index is 12.7. The fourth-order valence-corrected chi connectivity index (χ4v) is 3.82. The second-order valence-corrected chi connectivity index (χ2v) is 9.16. The van der Waals surface area contributed by atoms with E-state index in [0.29, 0.717) is 18.9 Å². The van der Waals surface area contributed by atoms with Gasteiger partial charge < -0.3 is 15.5 Å². The average Bonchev–Trinajstić information content (AvgIpc) is 3.38. The van der Waals surface area contributed by atoms with Crippen molar-refractivity contribution in [1.29, 1.82) is 0 Å². The minimum absolute atomic E-state index is 0.0871. The maximum Gasteiger partial charge on any atom is 0.254 e. The zero-order chi connectivity index (χ0) is 21.5. The molecule has 1 fully saturated rings. The van der Waals surface area contributed by atoms with Crippen molar-refractivity contribution < 1.29 is 9.59 Å². The van der Waals surface area contributed by atoms with Crippen LogP contribution in [0.2, 0.25) is 0 Å². The Balaban J connectivity index is 1.59. The lowest BCUT2D eigenvalue weighted by atomic mass is 10.1. The lowest BCUT2D eigenvalue weighted by molar-refractivity contribution is -0.108. The van der Waals surface area contributed by atoms with Gasteiger partial charge in [-0.1, -0.05) is 0 Å². The van der Waals surface area contributed by atoms with E-state index in [1.165, 1.54) is 12.8 Å². The highest BCUT2D eigenvalue weighted by Crippen LogP contribution is 2.34. The van der Waals surface area contributed by atoms with E-state index in [1.807, 2.05) is 40.8 Å². The quantitative estimate of drug-likeness (QED) is 0.684. The Labute approximate surface area is 177 Å². The van der Waals surface area contributed by atoms with Gasteiger partial charge in [0.2, 0.25) is 6.41 Å². The molecule has 0 unspecified atom stereocenters. The zero-order valence-electron chi connectivity index (χ0n) is 18.0. The molecule has 1 saturated carbocycles. The molecular formula is C23H29N5O2. The first-order valence-corrected chi connectivity index (χ1v) is 10.4. The van der Waals surface area contributed by atoms with Crippen LogP contribution in [0.1, 0.15) is 60.8 Å². The number of nitrogens with zero attached hydrogens (tertiary/aromatic N) is 3. The van der Waals surface area contributed by atoms with E-state index in [4.69, 9.17) is 5.10 Å². The normalized spacial score (nSPS) is 16.3. The number of carbonyl (C=O) groups excluding carboxylic acids is 2. The molecule has 1 aliphatic carbocycles. The molecule has 1 aliphatic heterocycles. The Morgan fingerprint density at radius 2 is 2.03 bits per heavy atom. The van der Waals surface area contributed by atoms with Gasteiger partial charge in [0.15, 0.2) is 5.82 Å². The van der Waals surface area contributed by atoms with E-state index in [0.717, 1.165) is 40.4 Å². The minimum atomic E-state index is -0.210. The van der Waals surface area contributed by atoms with Gasteiger partial charge in [-0.25, -0.2) is 0 Å². The van der Waals surface area contributed by atoms with E-state index >= 15 is 0 Å². The molecule has 2 N–H and O–H groups in total. The number of hydrogen-bond donors (Lipinski definition) is 2. The monoisotopic (exact) mass is 407 g/mol. The van der Waals surface area contributed by atoms with Crippen molar-refractivity contribution in [2.24, 2.45) is 5.92 Å². The summed E-state index contributed by atoms with van der Waals surface area (Å²) in [6, 6.07) is 5.88. The summed E-state index contributed by atoms with van der Waals surface area (Å²) in [6.45, 7) is 9.69. The number of benzene rings is 1. The van der Waals surface area contributed by atoms with Crippen molar-refractivity contribution in [2.45, 2.75) is 59.2 Å². The number of carbonyl (C=O) groups is 2. The smallest absolute Gasteiger partial charge is 0.254 e. The number of amides is 2. The molecule has 158 valence electrons. The molecule has 2 aromatic rings. The second kappa shape index (κ2) is 7.63. The van der Waals surface area contributed by atoms with Gasteiger partial charge >= 0.3 is 0 Å². The van der Waals surface area contributed by atoms with Gasteiger partial charge in [0.25, 0.3) is 5.91 Å². The number of aromatic nitrogens is 2. The first-order chi connectivity index (χ1) is 14.3. The molecule has 0 saturated heterocycles. The van der Waals surface area contributed by atoms with Crippen molar-refractivity contribution >= 4 is 29.9 Å². The predicted molar refractivity (Wildman–Crippen MR) is 117 cm³/mol. The number of rotatable bonds is 7. The first kappa shape index (κ1) is 20.2. The van der Waals surface area contributed by atoms with Gasteiger partial charge in [-0.2, -0.15) is 5.10 Å². The average molecular weight is 408 g/mol. The highest BCUT2D eigenvalue weighted by atomic mass is 16.2. The van der Waals surface area contributed by atoms with Crippen LogP contribution in [0.3, 0.4) is 0 Å². The van der Waals surface area contributed by atoms with Crippen LogP contribution in [0.5, 0.6) is 0 Å². The Hall–Kier alpha value is -3.09. The van der Waals surface area contributed by atoms with Crippen molar-refractivity contribution in [3.8, 4) is 0 Å². The van der Waals surface area contributed by atoms with Crippen molar-refractivity contribution in [2.75, 3.05) is 5.32 Å². The van der Waals surface area contributed by atoms with E-state index in [9.17, 15) is 9.59 Å². The predicted octanol–water partition coefficient (Wildman–Crippen LogP) is 3.82.